The van der Waals surface area contributed by atoms with Gasteiger partial charge < -0.3 is 24.5 Å². The molecule has 3 amide bonds. The summed E-state index contributed by atoms with van der Waals surface area (Å²) in [5, 5.41) is 10.5. The molecule has 0 saturated carbocycles. The quantitative estimate of drug-likeness (QED) is 0.346. The van der Waals surface area contributed by atoms with Gasteiger partial charge in [-0.15, -0.1) is 13.2 Å². The van der Waals surface area contributed by atoms with Crippen molar-refractivity contribution in [2.75, 3.05) is 24.6 Å². The van der Waals surface area contributed by atoms with E-state index in [0.717, 1.165) is 6.42 Å². The van der Waals surface area contributed by atoms with E-state index in [9.17, 15) is 19.5 Å². The smallest absolute Gasteiger partial charge is 0.249 e. The van der Waals surface area contributed by atoms with E-state index in [1.54, 1.807) is 22.0 Å². The van der Waals surface area contributed by atoms with Crippen LogP contribution in [0.4, 0.5) is 5.69 Å². The number of carbonyl (C=O) groups is 3. The van der Waals surface area contributed by atoms with Gasteiger partial charge in [-0.3, -0.25) is 14.4 Å². The number of rotatable bonds is 12. The standard InChI is InChI=1S/C35H51N3O5/c1-10-20-36(25-16-14-13-15-17-25)29(40)26-27-30(41)38(24(12-3)22-39)28(35(27)19-18-34(26,9)43-35)31(42)37(21-11-2)33(7,8)23-32(4,5)6/h10-11,13-17,24,26-28,39H,1-2,12,18-23H2,3-9H3/t24-,26-,27-,28?,34+,35?/m0/s1. The van der Waals surface area contributed by atoms with Crippen molar-refractivity contribution in [3.05, 3.63) is 55.6 Å². The number of fused-ring (bicyclic) bond motifs is 1. The molecule has 3 heterocycles. The molecule has 0 radical (unpaired) electrons. The first-order valence-electron chi connectivity index (χ1n) is 15.7. The summed E-state index contributed by atoms with van der Waals surface area (Å²) in [6.07, 6.45) is 5.60. The number of anilines is 1. The summed E-state index contributed by atoms with van der Waals surface area (Å²) in [5.74, 6) is -2.36. The minimum atomic E-state index is -1.18. The summed E-state index contributed by atoms with van der Waals surface area (Å²) in [5.41, 5.74) is -2.00. The van der Waals surface area contributed by atoms with Gasteiger partial charge in [-0.25, -0.2) is 0 Å². The number of likely N-dealkylation sites (tertiary alicyclic amines) is 1. The molecule has 8 nitrogen and oxygen atoms in total. The molecule has 0 aromatic heterocycles. The van der Waals surface area contributed by atoms with Crippen LogP contribution in [0.1, 0.15) is 74.1 Å². The van der Waals surface area contributed by atoms with E-state index in [1.807, 2.05) is 62.9 Å². The van der Waals surface area contributed by atoms with E-state index in [4.69, 9.17) is 4.74 Å². The monoisotopic (exact) mass is 593 g/mol. The largest absolute Gasteiger partial charge is 0.394 e. The second-order valence-corrected chi connectivity index (χ2v) is 14.6. The molecule has 3 fully saturated rings. The number of amides is 3. The lowest BCUT2D eigenvalue weighted by Gasteiger charge is -2.46. The molecule has 3 aliphatic rings. The van der Waals surface area contributed by atoms with Crippen molar-refractivity contribution >= 4 is 23.4 Å². The molecule has 2 bridgehead atoms. The Balaban J connectivity index is 1.85. The van der Waals surface area contributed by atoms with Crippen molar-refractivity contribution in [3.8, 4) is 0 Å². The number of aliphatic hydroxyl groups excluding tert-OH is 1. The molecule has 2 unspecified atom stereocenters. The first-order valence-corrected chi connectivity index (χ1v) is 15.7. The van der Waals surface area contributed by atoms with Crippen LogP contribution in [0.25, 0.3) is 0 Å². The summed E-state index contributed by atoms with van der Waals surface area (Å²) >= 11 is 0. The molecule has 0 aliphatic carbocycles. The zero-order valence-electron chi connectivity index (χ0n) is 27.1. The maximum absolute atomic E-state index is 14.9. The molecule has 3 saturated heterocycles. The zero-order chi connectivity index (χ0) is 32.0. The van der Waals surface area contributed by atoms with Crippen molar-refractivity contribution in [2.45, 2.75) is 103 Å². The van der Waals surface area contributed by atoms with Crippen molar-refractivity contribution < 1.29 is 24.2 Å². The number of benzene rings is 1. The van der Waals surface area contributed by atoms with Crippen molar-refractivity contribution in [1.82, 2.24) is 9.80 Å². The summed E-state index contributed by atoms with van der Waals surface area (Å²) in [7, 11) is 0. The predicted octanol–water partition coefficient (Wildman–Crippen LogP) is 4.97. The molecule has 236 valence electrons. The van der Waals surface area contributed by atoms with E-state index >= 15 is 0 Å². The fourth-order valence-electron chi connectivity index (χ4n) is 8.36. The first-order chi connectivity index (χ1) is 20.1. The maximum Gasteiger partial charge on any atom is 0.249 e. The SMILES string of the molecule is C=CCN(C(=O)[C@@H]1[C@H]2C(=O)N([C@@H](CC)CO)C(C(=O)N(CC=C)C(C)(C)CC(C)(C)C)C23CC[C@@]1(C)O3)c1ccccc1. The number of hydrogen-bond donors (Lipinski definition) is 1. The van der Waals surface area contributed by atoms with E-state index in [0.29, 0.717) is 31.5 Å². The van der Waals surface area contributed by atoms with Gasteiger partial charge in [0.2, 0.25) is 17.7 Å². The summed E-state index contributed by atoms with van der Waals surface area (Å²) in [6.45, 7) is 22.4. The predicted molar refractivity (Wildman–Crippen MR) is 169 cm³/mol. The summed E-state index contributed by atoms with van der Waals surface area (Å²) < 4.78 is 6.89. The van der Waals surface area contributed by atoms with Crippen LogP contribution >= 0.6 is 0 Å². The van der Waals surface area contributed by atoms with Gasteiger partial charge in [0.15, 0.2) is 0 Å². The highest BCUT2D eigenvalue weighted by Crippen LogP contribution is 2.64. The van der Waals surface area contributed by atoms with E-state index < -0.39 is 40.7 Å². The fraction of sp³-hybridized carbons (Fsp3) is 0.629. The summed E-state index contributed by atoms with van der Waals surface area (Å²) in [4.78, 5) is 49.1. The molecule has 4 rings (SSSR count). The number of para-hydroxylation sites is 1. The van der Waals surface area contributed by atoms with Crippen LogP contribution in [0.15, 0.2) is 55.6 Å². The molecule has 6 atom stereocenters. The Morgan fingerprint density at radius 3 is 2.26 bits per heavy atom. The highest BCUT2D eigenvalue weighted by molar-refractivity contribution is 6.03. The lowest BCUT2D eigenvalue weighted by Crippen LogP contribution is -2.62. The second-order valence-electron chi connectivity index (χ2n) is 14.6. The Hall–Kier alpha value is -2.97. The maximum atomic E-state index is 14.9. The lowest BCUT2D eigenvalue weighted by molar-refractivity contribution is -0.158. The van der Waals surface area contributed by atoms with E-state index in [2.05, 4.69) is 33.9 Å². The van der Waals surface area contributed by atoms with Crippen molar-refractivity contribution in [2.24, 2.45) is 17.3 Å². The minimum Gasteiger partial charge on any atom is -0.394 e. The van der Waals surface area contributed by atoms with Crippen LogP contribution < -0.4 is 4.90 Å². The van der Waals surface area contributed by atoms with Crippen molar-refractivity contribution in [3.63, 3.8) is 0 Å². The van der Waals surface area contributed by atoms with Gasteiger partial charge in [-0.1, -0.05) is 58.0 Å². The third kappa shape index (κ3) is 5.57. The van der Waals surface area contributed by atoms with Gasteiger partial charge >= 0.3 is 0 Å². The topological polar surface area (TPSA) is 90.4 Å². The van der Waals surface area contributed by atoms with Gasteiger partial charge in [0, 0.05) is 24.3 Å². The van der Waals surface area contributed by atoms with Gasteiger partial charge in [0.1, 0.15) is 11.6 Å². The first kappa shape index (κ1) is 32.9. The second kappa shape index (κ2) is 11.8. The molecular formula is C35H51N3O5. The Labute approximate surface area is 257 Å². The molecule has 1 N–H and O–H groups in total. The third-order valence-electron chi connectivity index (χ3n) is 9.71. The Kier molecular flexibility index (Phi) is 9.07. The molecule has 43 heavy (non-hydrogen) atoms. The Bertz CT molecular complexity index is 1240. The normalized spacial score (nSPS) is 28.9. The summed E-state index contributed by atoms with van der Waals surface area (Å²) in [6, 6.07) is 7.82. The molecule has 8 heteroatoms. The Morgan fingerprint density at radius 1 is 1.09 bits per heavy atom. The number of hydrogen-bond acceptors (Lipinski definition) is 5. The molecule has 1 aromatic rings. The molecule has 1 aromatic carbocycles. The molecular weight excluding hydrogens is 542 g/mol. The lowest BCUT2D eigenvalue weighted by atomic mass is 9.65. The van der Waals surface area contributed by atoms with Crippen LogP contribution in [0, 0.1) is 17.3 Å². The van der Waals surface area contributed by atoms with Crippen LogP contribution in [-0.4, -0.2) is 81.1 Å². The van der Waals surface area contributed by atoms with Crippen LogP contribution in [0.5, 0.6) is 0 Å². The Morgan fingerprint density at radius 2 is 1.72 bits per heavy atom. The average molecular weight is 594 g/mol. The third-order valence-corrected chi connectivity index (χ3v) is 9.71. The van der Waals surface area contributed by atoms with Crippen LogP contribution in [0.2, 0.25) is 0 Å². The van der Waals surface area contributed by atoms with Crippen LogP contribution in [0.3, 0.4) is 0 Å². The fourth-order valence-corrected chi connectivity index (χ4v) is 8.36. The molecule has 1 spiro atoms. The van der Waals surface area contributed by atoms with E-state index in [-0.39, 0.29) is 36.3 Å². The number of carbonyl (C=O) groups excluding carboxylic acids is 3. The minimum absolute atomic E-state index is 0.0639. The van der Waals surface area contributed by atoms with Crippen molar-refractivity contribution in [1.29, 1.82) is 0 Å². The van der Waals surface area contributed by atoms with E-state index in [1.165, 1.54) is 0 Å². The molecule has 3 aliphatic heterocycles. The average Bonchev–Trinajstić information content (AvgIpc) is 3.50. The number of ether oxygens (including phenoxy) is 1. The van der Waals surface area contributed by atoms with Gasteiger partial charge in [0.05, 0.1) is 30.1 Å². The van der Waals surface area contributed by atoms with Gasteiger partial charge in [-0.05, 0) is 64.0 Å². The van der Waals surface area contributed by atoms with Gasteiger partial charge in [-0.2, -0.15) is 0 Å². The highest BCUT2D eigenvalue weighted by atomic mass is 16.5. The van der Waals surface area contributed by atoms with Crippen LogP contribution in [-0.2, 0) is 19.1 Å². The number of aliphatic hydroxyl groups is 1. The van der Waals surface area contributed by atoms with Gasteiger partial charge in [0.25, 0.3) is 0 Å². The number of nitrogens with zero attached hydrogens (tertiary/aromatic N) is 3. The highest BCUT2D eigenvalue weighted by Gasteiger charge is 2.79. The zero-order valence-corrected chi connectivity index (χ0v) is 27.1.